The molecule has 0 radical (unpaired) electrons. The number of aromatic nitrogens is 2. The summed E-state index contributed by atoms with van der Waals surface area (Å²) in [7, 11) is 0. The van der Waals surface area contributed by atoms with Crippen LogP contribution in [0.3, 0.4) is 0 Å². The van der Waals surface area contributed by atoms with Crippen molar-refractivity contribution in [3.63, 3.8) is 0 Å². The second-order valence-electron chi connectivity index (χ2n) is 9.54. The molecule has 2 aromatic carbocycles. The van der Waals surface area contributed by atoms with Crippen molar-refractivity contribution < 1.29 is 9.90 Å². The average Bonchev–Trinajstić information content (AvgIpc) is 3.48. The number of nitrogens with zero attached hydrogens (tertiary/aromatic N) is 4. The van der Waals surface area contributed by atoms with Crippen LogP contribution >= 0.6 is 0 Å². The number of aryl methyl sites for hydroxylation is 1. The molecule has 5 rings (SSSR count). The van der Waals surface area contributed by atoms with E-state index in [9.17, 15) is 9.90 Å². The molecule has 0 amide bonds. The number of hydrogen-bond acceptors (Lipinski definition) is 4. The van der Waals surface area contributed by atoms with Crippen molar-refractivity contribution >= 4 is 22.6 Å². The first-order chi connectivity index (χ1) is 16.1. The number of fused-ring (bicyclic) bond motifs is 1. The molecule has 0 spiro atoms. The number of carboxylic acids is 1. The van der Waals surface area contributed by atoms with Gasteiger partial charge in [0.1, 0.15) is 0 Å². The van der Waals surface area contributed by atoms with Gasteiger partial charge in [0.05, 0.1) is 23.8 Å². The number of anilines is 1. The highest BCUT2D eigenvalue weighted by Gasteiger charge is 2.29. The topological polar surface area (TPSA) is 61.6 Å². The standard InChI is InChI=1S/C27H34N4O2/c1-2-25-24-13-12-22(17-26(24)31(28-25)21-10-6-7-11-21)29-14-15-30(19-27(32)33)23(18-29)16-20-8-4-3-5-9-20/h3-5,8-9,12-13,17,21,23H,2,6-7,10-11,14-16,18-19H2,1H3,(H,32,33). The van der Waals surface area contributed by atoms with Crippen LogP contribution in [-0.4, -0.2) is 58.0 Å². The van der Waals surface area contributed by atoms with Gasteiger partial charge in [0.25, 0.3) is 0 Å². The summed E-state index contributed by atoms with van der Waals surface area (Å²) in [6, 6.07) is 17.9. The van der Waals surface area contributed by atoms with E-state index >= 15 is 0 Å². The number of carbonyl (C=O) groups is 1. The molecule has 6 heteroatoms. The third kappa shape index (κ3) is 4.62. The molecule has 174 valence electrons. The Balaban J connectivity index is 1.43. The fraction of sp³-hybridized carbons (Fsp3) is 0.481. The minimum atomic E-state index is -0.754. The number of benzene rings is 2. The lowest BCUT2D eigenvalue weighted by Gasteiger charge is -2.42. The van der Waals surface area contributed by atoms with Crippen molar-refractivity contribution in [2.75, 3.05) is 31.1 Å². The van der Waals surface area contributed by atoms with E-state index in [1.54, 1.807) is 0 Å². The summed E-state index contributed by atoms with van der Waals surface area (Å²) in [5, 5.41) is 15.7. The van der Waals surface area contributed by atoms with Crippen molar-refractivity contribution in [3.05, 3.63) is 59.8 Å². The smallest absolute Gasteiger partial charge is 0.317 e. The first kappa shape index (κ1) is 22.0. The third-order valence-corrected chi connectivity index (χ3v) is 7.40. The van der Waals surface area contributed by atoms with Crippen LogP contribution in [0, 0.1) is 0 Å². The van der Waals surface area contributed by atoms with Crippen LogP contribution < -0.4 is 4.90 Å². The molecule has 1 aliphatic heterocycles. The molecule has 0 bridgehead atoms. The molecule has 1 unspecified atom stereocenters. The van der Waals surface area contributed by atoms with Gasteiger partial charge in [0.15, 0.2) is 0 Å². The summed E-state index contributed by atoms with van der Waals surface area (Å²) in [5.74, 6) is -0.754. The highest BCUT2D eigenvalue weighted by molar-refractivity contribution is 5.85. The predicted molar refractivity (Wildman–Crippen MR) is 132 cm³/mol. The number of carboxylic acid groups (broad SMARTS) is 1. The Morgan fingerprint density at radius 1 is 1.09 bits per heavy atom. The van der Waals surface area contributed by atoms with Gasteiger partial charge in [-0.15, -0.1) is 0 Å². The average molecular weight is 447 g/mol. The Bertz CT molecular complexity index is 1100. The van der Waals surface area contributed by atoms with E-state index in [1.807, 2.05) is 6.07 Å². The Morgan fingerprint density at radius 2 is 1.88 bits per heavy atom. The van der Waals surface area contributed by atoms with Crippen LogP contribution in [-0.2, 0) is 17.6 Å². The van der Waals surface area contributed by atoms with Crippen LogP contribution in [0.2, 0.25) is 0 Å². The molecule has 1 aliphatic carbocycles. The molecule has 33 heavy (non-hydrogen) atoms. The fourth-order valence-electron chi connectivity index (χ4n) is 5.67. The Kier molecular flexibility index (Phi) is 6.36. The van der Waals surface area contributed by atoms with Crippen LogP contribution in [0.25, 0.3) is 10.9 Å². The second kappa shape index (κ2) is 9.56. The summed E-state index contributed by atoms with van der Waals surface area (Å²) >= 11 is 0. The number of rotatable bonds is 7. The highest BCUT2D eigenvalue weighted by Crippen LogP contribution is 2.35. The van der Waals surface area contributed by atoms with E-state index in [-0.39, 0.29) is 12.6 Å². The van der Waals surface area contributed by atoms with Crippen molar-refractivity contribution in [3.8, 4) is 0 Å². The number of aliphatic carboxylic acids is 1. The molecule has 1 saturated carbocycles. The molecule has 2 aliphatic rings. The molecule has 1 saturated heterocycles. The van der Waals surface area contributed by atoms with Crippen molar-refractivity contribution in [1.29, 1.82) is 0 Å². The van der Waals surface area contributed by atoms with Gasteiger partial charge in [-0.3, -0.25) is 14.4 Å². The molecule has 2 heterocycles. The Morgan fingerprint density at radius 3 is 2.61 bits per heavy atom. The largest absolute Gasteiger partial charge is 0.480 e. The van der Waals surface area contributed by atoms with Gasteiger partial charge in [-0.05, 0) is 49.4 Å². The van der Waals surface area contributed by atoms with Gasteiger partial charge in [0.2, 0.25) is 0 Å². The van der Waals surface area contributed by atoms with Gasteiger partial charge in [-0.1, -0.05) is 50.1 Å². The summed E-state index contributed by atoms with van der Waals surface area (Å²) in [4.78, 5) is 16.1. The van der Waals surface area contributed by atoms with Gasteiger partial charge in [-0.2, -0.15) is 5.10 Å². The minimum absolute atomic E-state index is 0.0959. The maximum Gasteiger partial charge on any atom is 0.317 e. The van der Waals surface area contributed by atoms with Crippen LogP contribution in [0.5, 0.6) is 0 Å². The lowest BCUT2D eigenvalue weighted by Crippen LogP contribution is -2.55. The SMILES string of the molecule is CCc1nn(C2CCCC2)c2cc(N3CCN(CC(=O)O)C(Cc4ccccc4)C3)ccc12. The van der Waals surface area contributed by atoms with E-state index in [0.717, 1.165) is 32.5 Å². The number of hydrogen-bond donors (Lipinski definition) is 1. The highest BCUT2D eigenvalue weighted by atomic mass is 16.4. The zero-order valence-electron chi connectivity index (χ0n) is 19.5. The first-order valence-corrected chi connectivity index (χ1v) is 12.4. The van der Waals surface area contributed by atoms with Gasteiger partial charge in [-0.25, -0.2) is 0 Å². The van der Waals surface area contributed by atoms with E-state index in [1.165, 1.54) is 53.5 Å². The van der Waals surface area contributed by atoms with Crippen LogP contribution in [0.4, 0.5) is 5.69 Å². The summed E-state index contributed by atoms with van der Waals surface area (Å²) < 4.78 is 2.30. The van der Waals surface area contributed by atoms with E-state index in [2.05, 4.69) is 63.9 Å². The van der Waals surface area contributed by atoms with Gasteiger partial charge >= 0.3 is 5.97 Å². The van der Waals surface area contributed by atoms with Crippen LogP contribution in [0.15, 0.2) is 48.5 Å². The predicted octanol–water partition coefficient (Wildman–Crippen LogP) is 4.53. The quantitative estimate of drug-likeness (QED) is 0.578. The summed E-state index contributed by atoms with van der Waals surface area (Å²) in [6.45, 7) is 4.70. The maximum absolute atomic E-state index is 11.5. The maximum atomic E-state index is 11.5. The zero-order valence-corrected chi connectivity index (χ0v) is 19.5. The van der Waals surface area contributed by atoms with Crippen molar-refractivity contribution in [2.24, 2.45) is 0 Å². The Hall–Kier alpha value is -2.86. The summed E-state index contributed by atoms with van der Waals surface area (Å²) in [6.07, 6.45) is 6.82. The lowest BCUT2D eigenvalue weighted by atomic mass is 10.0. The van der Waals surface area contributed by atoms with Crippen molar-refractivity contribution in [2.45, 2.75) is 57.5 Å². The summed E-state index contributed by atoms with van der Waals surface area (Å²) in [5.41, 5.74) is 4.92. The fourth-order valence-corrected chi connectivity index (χ4v) is 5.67. The monoisotopic (exact) mass is 446 g/mol. The molecular formula is C27H34N4O2. The molecule has 2 fully saturated rings. The lowest BCUT2D eigenvalue weighted by molar-refractivity contribution is -0.139. The third-order valence-electron chi connectivity index (χ3n) is 7.40. The molecule has 1 N–H and O–H groups in total. The number of piperazine rings is 1. The van der Waals surface area contributed by atoms with Gasteiger partial charge < -0.3 is 10.0 Å². The zero-order chi connectivity index (χ0) is 22.8. The molecule has 6 nitrogen and oxygen atoms in total. The second-order valence-corrected chi connectivity index (χ2v) is 9.54. The molecule has 3 aromatic rings. The Labute approximate surface area is 195 Å². The minimum Gasteiger partial charge on any atom is -0.480 e. The molecular weight excluding hydrogens is 412 g/mol. The van der Waals surface area contributed by atoms with E-state index in [0.29, 0.717) is 6.04 Å². The van der Waals surface area contributed by atoms with E-state index < -0.39 is 5.97 Å². The van der Waals surface area contributed by atoms with E-state index in [4.69, 9.17) is 5.10 Å². The normalized spacial score (nSPS) is 20.0. The molecule has 1 aromatic heterocycles. The first-order valence-electron chi connectivity index (χ1n) is 12.4. The van der Waals surface area contributed by atoms with Gasteiger partial charge in [0, 0.05) is 36.7 Å². The molecule has 1 atom stereocenters. The van der Waals surface area contributed by atoms with Crippen molar-refractivity contribution in [1.82, 2.24) is 14.7 Å². The van der Waals surface area contributed by atoms with Crippen LogP contribution in [0.1, 0.15) is 49.9 Å².